The van der Waals surface area contributed by atoms with E-state index in [0.29, 0.717) is 0 Å². The SMILES string of the molecule is N#Cc1c(N)[nH]c(=O)c(C#N)c1-c1cc([N+](=O)[O-])cc(CCl)c1O. The number of nitro groups is 1. The van der Waals surface area contributed by atoms with Crippen LogP contribution >= 0.6 is 11.6 Å². The predicted molar refractivity (Wildman–Crippen MR) is 84.2 cm³/mol. The number of alkyl halides is 1. The molecule has 0 aliphatic heterocycles. The van der Waals surface area contributed by atoms with Crippen molar-refractivity contribution in [3.8, 4) is 29.0 Å². The summed E-state index contributed by atoms with van der Waals surface area (Å²) in [4.78, 5) is 24.4. The smallest absolute Gasteiger partial charge is 0.270 e. The van der Waals surface area contributed by atoms with Crippen LogP contribution in [0.15, 0.2) is 16.9 Å². The topological polar surface area (TPSA) is 170 Å². The van der Waals surface area contributed by atoms with Gasteiger partial charge in [-0.25, -0.2) is 0 Å². The fourth-order valence-electron chi connectivity index (χ4n) is 2.19. The summed E-state index contributed by atoms with van der Waals surface area (Å²) in [6.07, 6.45) is 0. The number of nitriles is 2. The monoisotopic (exact) mass is 345 g/mol. The summed E-state index contributed by atoms with van der Waals surface area (Å²) in [5.41, 5.74) is 2.96. The number of nitro benzene ring substituents is 1. The molecule has 0 saturated heterocycles. The van der Waals surface area contributed by atoms with Crippen LogP contribution in [-0.4, -0.2) is 15.0 Å². The zero-order valence-electron chi connectivity index (χ0n) is 11.8. The molecule has 0 saturated carbocycles. The van der Waals surface area contributed by atoms with Gasteiger partial charge in [0.25, 0.3) is 11.2 Å². The fraction of sp³-hybridized carbons (Fsp3) is 0.0714. The summed E-state index contributed by atoms with van der Waals surface area (Å²) in [5, 5.41) is 39.8. The van der Waals surface area contributed by atoms with Crippen molar-refractivity contribution >= 4 is 23.1 Å². The highest BCUT2D eigenvalue weighted by Crippen LogP contribution is 2.39. The number of benzene rings is 1. The minimum atomic E-state index is -0.887. The Morgan fingerprint density at radius 2 is 1.96 bits per heavy atom. The normalized spacial score (nSPS) is 9.96. The molecule has 0 radical (unpaired) electrons. The van der Waals surface area contributed by atoms with E-state index >= 15 is 0 Å². The van der Waals surface area contributed by atoms with Gasteiger partial charge < -0.3 is 15.8 Å². The van der Waals surface area contributed by atoms with Crippen LogP contribution in [0.3, 0.4) is 0 Å². The summed E-state index contributed by atoms with van der Waals surface area (Å²) in [7, 11) is 0. The van der Waals surface area contributed by atoms with E-state index in [9.17, 15) is 30.5 Å². The van der Waals surface area contributed by atoms with Crippen LogP contribution in [0.1, 0.15) is 16.7 Å². The third kappa shape index (κ3) is 2.60. The number of hydrogen-bond donors (Lipinski definition) is 3. The first-order chi connectivity index (χ1) is 11.3. The zero-order valence-corrected chi connectivity index (χ0v) is 12.6. The highest BCUT2D eigenvalue weighted by molar-refractivity contribution is 6.17. The van der Waals surface area contributed by atoms with E-state index in [0.717, 1.165) is 12.1 Å². The van der Waals surface area contributed by atoms with Gasteiger partial charge in [-0.2, -0.15) is 10.5 Å². The summed E-state index contributed by atoms with van der Waals surface area (Å²) in [6, 6.07) is 5.33. The van der Waals surface area contributed by atoms with E-state index < -0.39 is 27.5 Å². The second-order valence-electron chi connectivity index (χ2n) is 4.61. The number of nitrogens with one attached hydrogen (secondary N) is 1. The molecule has 1 heterocycles. The second kappa shape index (κ2) is 6.28. The zero-order chi connectivity index (χ0) is 18.0. The van der Waals surface area contributed by atoms with Crippen molar-refractivity contribution in [3.05, 3.63) is 49.3 Å². The molecule has 0 aliphatic carbocycles. The van der Waals surface area contributed by atoms with Crippen LogP contribution in [0.4, 0.5) is 11.5 Å². The Hall–Kier alpha value is -3.56. The first kappa shape index (κ1) is 16.8. The number of phenolic OH excluding ortho intramolecular Hbond substituents is 1. The Labute approximate surface area is 139 Å². The molecular formula is C14H8ClN5O4. The third-order valence-corrected chi connectivity index (χ3v) is 3.55. The van der Waals surface area contributed by atoms with Crippen LogP contribution in [0, 0.1) is 32.8 Å². The van der Waals surface area contributed by atoms with Crippen molar-refractivity contribution in [2.75, 3.05) is 5.73 Å². The number of pyridine rings is 1. The van der Waals surface area contributed by atoms with Crippen molar-refractivity contribution in [2.24, 2.45) is 0 Å². The molecule has 24 heavy (non-hydrogen) atoms. The molecule has 1 aromatic carbocycles. The number of aromatic amines is 1. The van der Waals surface area contributed by atoms with Crippen molar-refractivity contribution in [3.63, 3.8) is 0 Å². The molecule has 10 heteroatoms. The van der Waals surface area contributed by atoms with E-state index in [2.05, 4.69) is 4.98 Å². The number of H-pyrrole nitrogens is 1. The van der Waals surface area contributed by atoms with Crippen LogP contribution in [0.2, 0.25) is 0 Å². The number of nitrogens with two attached hydrogens (primary N) is 1. The van der Waals surface area contributed by atoms with Crippen molar-refractivity contribution in [2.45, 2.75) is 5.88 Å². The van der Waals surface area contributed by atoms with E-state index in [1.165, 1.54) is 0 Å². The molecule has 4 N–H and O–H groups in total. The van der Waals surface area contributed by atoms with Gasteiger partial charge in [-0.05, 0) is 0 Å². The third-order valence-electron chi connectivity index (χ3n) is 3.27. The van der Waals surface area contributed by atoms with Crippen LogP contribution < -0.4 is 11.3 Å². The molecule has 0 bridgehead atoms. The molecule has 0 spiro atoms. The molecule has 0 aliphatic rings. The average molecular weight is 346 g/mol. The molecule has 2 rings (SSSR count). The molecule has 2 aromatic rings. The van der Waals surface area contributed by atoms with E-state index in [4.69, 9.17) is 17.3 Å². The summed E-state index contributed by atoms with van der Waals surface area (Å²) in [6.45, 7) is 0. The number of non-ortho nitro benzene ring substituents is 1. The number of hydrogen-bond acceptors (Lipinski definition) is 7. The Morgan fingerprint density at radius 3 is 2.46 bits per heavy atom. The maximum absolute atomic E-state index is 11.9. The van der Waals surface area contributed by atoms with Gasteiger partial charge >= 0.3 is 0 Å². The average Bonchev–Trinajstić information content (AvgIpc) is 2.54. The summed E-state index contributed by atoms with van der Waals surface area (Å²) >= 11 is 5.67. The van der Waals surface area contributed by atoms with Gasteiger partial charge in [0.1, 0.15) is 34.8 Å². The maximum atomic E-state index is 11.9. The standard InChI is InChI=1S/C14H8ClN5O4/c15-3-6-1-7(20(23)24)2-8(12(6)21)11-9(4-16)13(18)19-14(22)10(11)5-17/h1-2,21H,3H2,(H3,18,19,22). The predicted octanol–water partition coefficient (Wildman–Crippen LogP) is 1.72. The first-order valence-corrected chi connectivity index (χ1v) is 6.81. The van der Waals surface area contributed by atoms with E-state index in [1.807, 2.05) is 0 Å². The Morgan fingerprint density at radius 1 is 1.33 bits per heavy atom. The quantitative estimate of drug-likeness (QED) is 0.431. The minimum absolute atomic E-state index is 0.00694. The minimum Gasteiger partial charge on any atom is -0.507 e. The van der Waals surface area contributed by atoms with Crippen molar-refractivity contribution in [1.29, 1.82) is 10.5 Å². The van der Waals surface area contributed by atoms with Gasteiger partial charge in [-0.3, -0.25) is 14.9 Å². The lowest BCUT2D eigenvalue weighted by Gasteiger charge is -2.12. The number of anilines is 1. The number of phenols is 1. The van der Waals surface area contributed by atoms with Crippen molar-refractivity contribution < 1.29 is 10.0 Å². The van der Waals surface area contributed by atoms with Gasteiger partial charge in [0.15, 0.2) is 0 Å². The van der Waals surface area contributed by atoms with E-state index in [-0.39, 0.29) is 34.0 Å². The highest BCUT2D eigenvalue weighted by atomic mass is 35.5. The molecule has 0 atom stereocenters. The number of rotatable bonds is 3. The number of nitrogen functional groups attached to an aromatic ring is 1. The van der Waals surface area contributed by atoms with Gasteiger partial charge in [-0.1, -0.05) is 0 Å². The number of aromatic nitrogens is 1. The van der Waals surface area contributed by atoms with Gasteiger partial charge in [0, 0.05) is 28.8 Å². The molecule has 9 nitrogen and oxygen atoms in total. The number of halogens is 1. The lowest BCUT2D eigenvalue weighted by molar-refractivity contribution is -0.384. The van der Waals surface area contributed by atoms with Crippen molar-refractivity contribution in [1.82, 2.24) is 4.98 Å². The molecule has 1 aromatic heterocycles. The highest BCUT2D eigenvalue weighted by Gasteiger charge is 2.24. The Bertz CT molecular complexity index is 1000. The maximum Gasteiger partial charge on any atom is 0.270 e. The van der Waals surface area contributed by atoms with Crippen LogP contribution in [-0.2, 0) is 5.88 Å². The number of aromatic hydroxyl groups is 1. The first-order valence-electron chi connectivity index (χ1n) is 6.28. The van der Waals surface area contributed by atoms with Crippen LogP contribution in [0.25, 0.3) is 11.1 Å². The number of nitrogens with zero attached hydrogens (tertiary/aromatic N) is 3. The van der Waals surface area contributed by atoms with Gasteiger partial charge in [0.2, 0.25) is 0 Å². The van der Waals surface area contributed by atoms with Gasteiger partial charge in [-0.15, -0.1) is 11.6 Å². The summed E-state index contributed by atoms with van der Waals surface area (Å²) < 4.78 is 0. The van der Waals surface area contributed by atoms with Gasteiger partial charge in [0.05, 0.1) is 10.8 Å². The molecular weight excluding hydrogens is 338 g/mol. The lowest BCUT2D eigenvalue weighted by atomic mass is 9.94. The largest absolute Gasteiger partial charge is 0.507 e. The molecule has 0 fully saturated rings. The van der Waals surface area contributed by atoms with Crippen LogP contribution in [0.5, 0.6) is 5.75 Å². The Balaban J connectivity index is 3.05. The van der Waals surface area contributed by atoms with E-state index in [1.54, 1.807) is 12.1 Å². The lowest BCUT2D eigenvalue weighted by Crippen LogP contribution is -2.16. The molecule has 0 amide bonds. The fourth-order valence-corrected chi connectivity index (χ4v) is 2.39. The Kier molecular flexibility index (Phi) is 4.40. The second-order valence-corrected chi connectivity index (χ2v) is 4.88. The molecule has 0 unspecified atom stereocenters. The molecule has 120 valence electrons. The summed E-state index contributed by atoms with van der Waals surface area (Å²) in [5.74, 6) is -1.06.